The molecule has 0 spiro atoms. The van der Waals surface area contributed by atoms with Gasteiger partial charge in [-0.2, -0.15) is 0 Å². The van der Waals surface area contributed by atoms with Gasteiger partial charge < -0.3 is 24.7 Å². The summed E-state index contributed by atoms with van der Waals surface area (Å²) in [6.07, 6.45) is 5.82. The molecule has 2 aromatic rings. The molecule has 0 radical (unpaired) electrons. The highest BCUT2D eigenvalue weighted by atomic mass is 16.5. The summed E-state index contributed by atoms with van der Waals surface area (Å²) in [4.78, 5) is 28.1. The zero-order chi connectivity index (χ0) is 21.2. The summed E-state index contributed by atoms with van der Waals surface area (Å²) >= 11 is 0. The molecule has 5 rings (SSSR count). The number of carbonyl (C=O) groups is 2. The van der Waals surface area contributed by atoms with Gasteiger partial charge in [-0.25, -0.2) is 0 Å². The van der Waals surface area contributed by atoms with E-state index in [9.17, 15) is 9.59 Å². The van der Waals surface area contributed by atoms with E-state index in [0.717, 1.165) is 49.4 Å². The number of ketones is 1. The number of amides is 1. The monoisotopic (exact) mass is 421 g/mol. The first kappa shape index (κ1) is 19.9. The van der Waals surface area contributed by atoms with Gasteiger partial charge in [0.25, 0.3) is 0 Å². The SMILES string of the molecule is O=C(CN1c2ccccc2NC2=C(C(=O)CCC2)[C@@H]1c1ccco1)NC[C@H]1CCCO1. The van der Waals surface area contributed by atoms with Crippen LogP contribution in [-0.4, -0.2) is 37.5 Å². The molecule has 2 N–H and O–H groups in total. The number of furan rings is 1. The fourth-order valence-corrected chi connectivity index (χ4v) is 4.76. The molecule has 1 fully saturated rings. The van der Waals surface area contributed by atoms with Crippen LogP contribution in [0.4, 0.5) is 11.4 Å². The number of hydrogen-bond acceptors (Lipinski definition) is 6. The summed E-state index contributed by atoms with van der Waals surface area (Å²) in [7, 11) is 0. The van der Waals surface area contributed by atoms with Crippen molar-refractivity contribution >= 4 is 23.1 Å². The van der Waals surface area contributed by atoms with E-state index in [-0.39, 0.29) is 24.3 Å². The number of Topliss-reactive ketones (excluding diaryl/α,β-unsaturated/α-hetero) is 1. The van der Waals surface area contributed by atoms with Crippen molar-refractivity contribution in [1.29, 1.82) is 0 Å². The molecule has 1 amide bonds. The third-order valence-electron chi connectivity index (χ3n) is 6.22. The highest BCUT2D eigenvalue weighted by molar-refractivity contribution is 6.01. The number of fused-ring (bicyclic) bond motifs is 1. The second-order valence-corrected chi connectivity index (χ2v) is 8.30. The van der Waals surface area contributed by atoms with Gasteiger partial charge in [0.2, 0.25) is 5.91 Å². The van der Waals surface area contributed by atoms with Gasteiger partial charge in [-0.1, -0.05) is 12.1 Å². The van der Waals surface area contributed by atoms with Crippen molar-refractivity contribution in [1.82, 2.24) is 5.32 Å². The standard InChI is InChI=1S/C24H27N3O4/c28-20-10-3-8-18-23(20)24(21-11-5-13-31-21)27(19-9-2-1-7-17(19)26-18)15-22(29)25-14-16-6-4-12-30-16/h1-2,5,7,9,11,13,16,24,26H,3-4,6,8,10,12,14-15H2,(H,25,29)/t16-,24+/m1/s1. The van der Waals surface area contributed by atoms with Gasteiger partial charge in [-0.3, -0.25) is 9.59 Å². The second-order valence-electron chi connectivity index (χ2n) is 8.30. The van der Waals surface area contributed by atoms with Gasteiger partial charge >= 0.3 is 0 Å². The minimum atomic E-state index is -0.456. The van der Waals surface area contributed by atoms with E-state index in [0.29, 0.717) is 24.3 Å². The molecule has 3 aliphatic rings. The molecule has 0 saturated carbocycles. The van der Waals surface area contributed by atoms with Crippen molar-refractivity contribution in [3.8, 4) is 0 Å². The molecule has 0 bridgehead atoms. The number of ether oxygens (including phenoxy) is 1. The molecular weight excluding hydrogens is 394 g/mol. The van der Waals surface area contributed by atoms with Crippen LogP contribution in [0.2, 0.25) is 0 Å². The Bertz CT molecular complexity index is 992. The van der Waals surface area contributed by atoms with Gasteiger partial charge in [0.05, 0.1) is 30.3 Å². The molecule has 7 heteroatoms. The zero-order valence-electron chi connectivity index (χ0n) is 17.4. The van der Waals surface area contributed by atoms with E-state index in [1.54, 1.807) is 6.26 Å². The van der Waals surface area contributed by atoms with Gasteiger partial charge in [0.15, 0.2) is 5.78 Å². The maximum atomic E-state index is 13.1. The number of hydrogen-bond donors (Lipinski definition) is 2. The van der Waals surface area contributed by atoms with E-state index in [1.165, 1.54) is 0 Å². The number of nitrogens with zero attached hydrogens (tertiary/aromatic N) is 1. The highest BCUT2D eigenvalue weighted by Crippen LogP contribution is 2.44. The first-order chi connectivity index (χ1) is 15.2. The molecule has 31 heavy (non-hydrogen) atoms. The van der Waals surface area contributed by atoms with E-state index in [2.05, 4.69) is 10.6 Å². The lowest BCUT2D eigenvalue weighted by molar-refractivity contribution is -0.120. The smallest absolute Gasteiger partial charge is 0.239 e. The molecule has 7 nitrogen and oxygen atoms in total. The molecule has 1 aromatic carbocycles. The van der Waals surface area contributed by atoms with Crippen molar-refractivity contribution in [2.24, 2.45) is 0 Å². The van der Waals surface area contributed by atoms with Crippen LogP contribution >= 0.6 is 0 Å². The number of para-hydroxylation sites is 2. The van der Waals surface area contributed by atoms with E-state index < -0.39 is 6.04 Å². The minimum Gasteiger partial charge on any atom is -0.467 e. The van der Waals surface area contributed by atoms with Crippen LogP contribution in [-0.2, 0) is 14.3 Å². The van der Waals surface area contributed by atoms with Crippen molar-refractivity contribution < 1.29 is 18.7 Å². The lowest BCUT2D eigenvalue weighted by Crippen LogP contribution is -2.43. The van der Waals surface area contributed by atoms with Crippen molar-refractivity contribution in [2.75, 3.05) is 29.9 Å². The molecule has 2 atom stereocenters. The van der Waals surface area contributed by atoms with Crippen LogP contribution < -0.4 is 15.5 Å². The Hall–Kier alpha value is -3.06. The van der Waals surface area contributed by atoms with Gasteiger partial charge in [0, 0.05) is 30.8 Å². The summed E-state index contributed by atoms with van der Waals surface area (Å²) in [6.45, 7) is 1.37. The Balaban J connectivity index is 1.51. The summed E-state index contributed by atoms with van der Waals surface area (Å²) in [5.41, 5.74) is 3.39. The van der Waals surface area contributed by atoms with Gasteiger partial charge in [-0.15, -0.1) is 0 Å². The predicted molar refractivity (Wildman–Crippen MR) is 117 cm³/mol. The number of nitrogens with one attached hydrogen (secondary N) is 2. The summed E-state index contributed by atoms with van der Waals surface area (Å²) < 4.78 is 11.4. The number of rotatable bonds is 5. The number of benzene rings is 1. The quantitative estimate of drug-likeness (QED) is 0.768. The highest BCUT2D eigenvalue weighted by Gasteiger charge is 2.38. The summed E-state index contributed by atoms with van der Waals surface area (Å²) in [5.74, 6) is 0.662. The first-order valence-electron chi connectivity index (χ1n) is 11.0. The third-order valence-corrected chi connectivity index (χ3v) is 6.22. The maximum absolute atomic E-state index is 13.1. The van der Waals surface area contributed by atoms with E-state index in [4.69, 9.17) is 9.15 Å². The lowest BCUT2D eigenvalue weighted by atomic mass is 9.88. The van der Waals surface area contributed by atoms with Crippen molar-refractivity contribution in [3.05, 3.63) is 59.7 Å². The molecule has 1 aromatic heterocycles. The van der Waals surface area contributed by atoms with Crippen LogP contribution in [0.5, 0.6) is 0 Å². The molecule has 3 heterocycles. The number of anilines is 2. The zero-order valence-corrected chi connectivity index (χ0v) is 17.4. The largest absolute Gasteiger partial charge is 0.467 e. The lowest BCUT2D eigenvalue weighted by Gasteiger charge is -2.33. The summed E-state index contributed by atoms with van der Waals surface area (Å²) in [5, 5.41) is 6.50. The predicted octanol–water partition coefficient (Wildman–Crippen LogP) is 3.56. The molecule has 2 aliphatic heterocycles. The van der Waals surface area contributed by atoms with Crippen molar-refractivity contribution in [3.63, 3.8) is 0 Å². The van der Waals surface area contributed by atoms with Gasteiger partial charge in [0.1, 0.15) is 11.8 Å². The van der Waals surface area contributed by atoms with Crippen molar-refractivity contribution in [2.45, 2.75) is 44.2 Å². The Kier molecular flexibility index (Phi) is 5.51. The van der Waals surface area contributed by atoms with Crippen LogP contribution in [0.3, 0.4) is 0 Å². The molecule has 1 aliphatic carbocycles. The van der Waals surface area contributed by atoms with Crippen LogP contribution in [0, 0.1) is 0 Å². The summed E-state index contributed by atoms with van der Waals surface area (Å²) in [6, 6.07) is 11.1. The molecular formula is C24H27N3O4. The third kappa shape index (κ3) is 3.97. The average molecular weight is 421 g/mol. The second kappa shape index (κ2) is 8.59. The normalized spacial score (nSPS) is 23.1. The first-order valence-corrected chi connectivity index (χ1v) is 11.0. The minimum absolute atomic E-state index is 0.0807. The van der Waals surface area contributed by atoms with Crippen LogP contribution in [0.15, 0.2) is 58.3 Å². The average Bonchev–Trinajstić information content (AvgIpc) is 3.46. The fraction of sp³-hybridized carbons (Fsp3) is 0.417. The maximum Gasteiger partial charge on any atom is 0.239 e. The Morgan fingerprint density at radius 2 is 2.06 bits per heavy atom. The Morgan fingerprint density at radius 1 is 1.16 bits per heavy atom. The van der Waals surface area contributed by atoms with E-state index in [1.807, 2.05) is 41.3 Å². The molecule has 1 saturated heterocycles. The number of allylic oxidation sites excluding steroid dienone is 1. The number of carbonyl (C=O) groups excluding carboxylic acids is 2. The molecule has 0 unspecified atom stereocenters. The molecule has 162 valence electrons. The van der Waals surface area contributed by atoms with Crippen LogP contribution in [0.1, 0.15) is 43.9 Å². The fourth-order valence-electron chi connectivity index (χ4n) is 4.76. The van der Waals surface area contributed by atoms with Gasteiger partial charge in [-0.05, 0) is 49.9 Å². The Morgan fingerprint density at radius 3 is 2.87 bits per heavy atom. The van der Waals surface area contributed by atoms with Crippen LogP contribution in [0.25, 0.3) is 0 Å². The Labute approximate surface area is 181 Å². The van der Waals surface area contributed by atoms with E-state index >= 15 is 0 Å². The topological polar surface area (TPSA) is 83.8 Å².